The van der Waals surface area contributed by atoms with Crippen molar-refractivity contribution in [3.63, 3.8) is 0 Å². The fourth-order valence-corrected chi connectivity index (χ4v) is 2.18. The van der Waals surface area contributed by atoms with E-state index in [1.54, 1.807) is 6.07 Å². The molecule has 0 saturated heterocycles. The number of hydrogen-bond donors (Lipinski definition) is 2. The Bertz CT molecular complexity index is 496. The highest BCUT2D eigenvalue weighted by Crippen LogP contribution is 2.31. The molecule has 15 heavy (non-hydrogen) atoms. The highest BCUT2D eigenvalue weighted by molar-refractivity contribution is 9.10. The van der Waals surface area contributed by atoms with Crippen LogP contribution in [-0.2, 0) is 6.42 Å². The number of phenols is 1. The average Bonchev–Trinajstić information content (AvgIpc) is 2.20. The minimum Gasteiger partial charge on any atom is -0.507 e. The molecule has 0 saturated carbocycles. The first-order chi connectivity index (χ1) is 7.22. The third kappa shape index (κ3) is 1.98. The summed E-state index contributed by atoms with van der Waals surface area (Å²) in [4.78, 5) is 0. The number of phenolic OH excluding ortho intramolecular Hbond substituents is 1. The number of nitrogens with two attached hydrogens (primary N) is 1. The topological polar surface area (TPSA) is 46.2 Å². The first-order valence-corrected chi connectivity index (χ1v) is 5.62. The zero-order valence-electron chi connectivity index (χ0n) is 8.20. The van der Waals surface area contributed by atoms with Crippen LogP contribution in [-0.4, -0.2) is 11.7 Å². The predicted octanol–water partition coefficient (Wildman–Crippen LogP) is 2.81. The molecule has 0 aliphatic rings. The predicted molar refractivity (Wildman–Crippen MR) is 66.1 cm³/mol. The molecule has 0 bridgehead atoms. The molecule has 0 atom stereocenters. The number of halogens is 1. The van der Waals surface area contributed by atoms with Crippen molar-refractivity contribution < 1.29 is 5.11 Å². The number of rotatable bonds is 2. The Morgan fingerprint density at radius 3 is 2.73 bits per heavy atom. The number of hydrogen-bond acceptors (Lipinski definition) is 2. The van der Waals surface area contributed by atoms with Crippen molar-refractivity contribution in [1.29, 1.82) is 0 Å². The van der Waals surface area contributed by atoms with Gasteiger partial charge in [-0.2, -0.15) is 0 Å². The van der Waals surface area contributed by atoms with Gasteiger partial charge in [0.1, 0.15) is 5.75 Å². The second-order valence-electron chi connectivity index (χ2n) is 3.49. The summed E-state index contributed by atoms with van der Waals surface area (Å²) in [5, 5.41) is 11.7. The summed E-state index contributed by atoms with van der Waals surface area (Å²) in [6, 6.07) is 9.62. The lowest BCUT2D eigenvalue weighted by molar-refractivity contribution is 0.481. The number of aromatic hydroxyl groups is 1. The van der Waals surface area contributed by atoms with E-state index in [4.69, 9.17) is 5.73 Å². The molecule has 3 N–H and O–H groups in total. The van der Waals surface area contributed by atoms with Crippen molar-refractivity contribution in [3.8, 4) is 5.75 Å². The summed E-state index contributed by atoms with van der Waals surface area (Å²) in [5.74, 6) is 0.317. The minimum absolute atomic E-state index is 0.317. The van der Waals surface area contributed by atoms with Gasteiger partial charge in [-0.05, 0) is 42.1 Å². The van der Waals surface area contributed by atoms with Crippen molar-refractivity contribution in [2.75, 3.05) is 6.54 Å². The van der Waals surface area contributed by atoms with Crippen molar-refractivity contribution in [1.82, 2.24) is 0 Å². The molecule has 0 amide bonds. The van der Waals surface area contributed by atoms with Gasteiger partial charge in [-0.3, -0.25) is 0 Å². The quantitative estimate of drug-likeness (QED) is 0.877. The smallest absolute Gasteiger partial charge is 0.123 e. The lowest BCUT2D eigenvalue weighted by atomic mass is 10.0. The van der Waals surface area contributed by atoms with E-state index in [0.29, 0.717) is 12.3 Å². The molecule has 2 rings (SSSR count). The molecular formula is C12H12BrNO. The van der Waals surface area contributed by atoms with Crippen LogP contribution in [0.25, 0.3) is 10.8 Å². The third-order valence-corrected chi connectivity index (χ3v) is 3.11. The first-order valence-electron chi connectivity index (χ1n) is 4.82. The standard InChI is InChI=1S/C12H12BrNO/c13-11-3-1-2-9-10(11)6-8(4-5-14)7-12(9)15/h1-3,6-7,15H,4-5,14H2. The van der Waals surface area contributed by atoms with E-state index in [0.717, 1.165) is 27.2 Å². The minimum atomic E-state index is 0.317. The third-order valence-electron chi connectivity index (χ3n) is 2.41. The Kier molecular flexibility index (Phi) is 2.93. The summed E-state index contributed by atoms with van der Waals surface area (Å²) in [5.41, 5.74) is 6.56. The highest BCUT2D eigenvalue weighted by Gasteiger charge is 2.04. The molecule has 0 unspecified atom stereocenters. The molecule has 2 nitrogen and oxygen atoms in total. The van der Waals surface area contributed by atoms with Gasteiger partial charge in [0.15, 0.2) is 0 Å². The first kappa shape index (κ1) is 10.5. The second-order valence-corrected chi connectivity index (χ2v) is 4.34. The zero-order chi connectivity index (χ0) is 10.8. The van der Waals surface area contributed by atoms with Crippen molar-refractivity contribution in [2.45, 2.75) is 6.42 Å². The highest BCUT2D eigenvalue weighted by atomic mass is 79.9. The maximum absolute atomic E-state index is 9.84. The van der Waals surface area contributed by atoms with E-state index in [-0.39, 0.29) is 0 Å². The molecule has 78 valence electrons. The van der Waals surface area contributed by atoms with Gasteiger partial charge in [0.25, 0.3) is 0 Å². The van der Waals surface area contributed by atoms with Gasteiger partial charge in [0, 0.05) is 9.86 Å². The second kappa shape index (κ2) is 4.21. The van der Waals surface area contributed by atoms with E-state index in [9.17, 15) is 5.11 Å². The number of fused-ring (bicyclic) bond motifs is 1. The Hall–Kier alpha value is -1.06. The molecule has 2 aromatic carbocycles. The van der Waals surface area contributed by atoms with E-state index < -0.39 is 0 Å². The molecule has 0 fully saturated rings. The fourth-order valence-electron chi connectivity index (χ4n) is 1.70. The molecule has 0 aliphatic heterocycles. The van der Waals surface area contributed by atoms with Crippen LogP contribution in [0.3, 0.4) is 0 Å². The Morgan fingerprint density at radius 1 is 1.20 bits per heavy atom. The molecular weight excluding hydrogens is 254 g/mol. The van der Waals surface area contributed by atoms with E-state index in [1.165, 1.54) is 0 Å². The molecule has 0 heterocycles. The summed E-state index contributed by atoms with van der Waals surface area (Å²) >= 11 is 3.47. The van der Waals surface area contributed by atoms with Gasteiger partial charge in [-0.15, -0.1) is 0 Å². The molecule has 0 aliphatic carbocycles. The van der Waals surface area contributed by atoms with E-state index in [1.807, 2.05) is 18.2 Å². The summed E-state index contributed by atoms with van der Waals surface area (Å²) in [6.45, 7) is 0.593. The van der Waals surface area contributed by atoms with Gasteiger partial charge in [-0.1, -0.05) is 28.1 Å². The average molecular weight is 266 g/mol. The Labute approximate surface area is 96.8 Å². The molecule has 3 heteroatoms. The summed E-state index contributed by atoms with van der Waals surface area (Å²) in [6.07, 6.45) is 0.783. The van der Waals surface area contributed by atoms with Gasteiger partial charge in [0.05, 0.1) is 0 Å². The maximum atomic E-state index is 9.84. The fraction of sp³-hybridized carbons (Fsp3) is 0.167. The summed E-state index contributed by atoms with van der Waals surface area (Å²) < 4.78 is 0.995. The summed E-state index contributed by atoms with van der Waals surface area (Å²) in [7, 11) is 0. The SMILES string of the molecule is NCCc1cc(O)c2cccc(Br)c2c1. The van der Waals surface area contributed by atoms with E-state index >= 15 is 0 Å². The van der Waals surface area contributed by atoms with E-state index in [2.05, 4.69) is 22.0 Å². The monoisotopic (exact) mass is 265 g/mol. The largest absolute Gasteiger partial charge is 0.507 e. The van der Waals surface area contributed by atoms with Crippen LogP contribution in [0.2, 0.25) is 0 Å². The van der Waals surface area contributed by atoms with Crippen molar-refractivity contribution >= 4 is 26.7 Å². The zero-order valence-corrected chi connectivity index (χ0v) is 9.79. The molecule has 0 aromatic heterocycles. The van der Waals surface area contributed by atoms with Crippen LogP contribution < -0.4 is 5.73 Å². The van der Waals surface area contributed by atoms with Crippen molar-refractivity contribution in [2.24, 2.45) is 5.73 Å². The van der Waals surface area contributed by atoms with Crippen LogP contribution in [0.1, 0.15) is 5.56 Å². The molecule has 0 radical (unpaired) electrons. The normalized spacial score (nSPS) is 10.8. The van der Waals surface area contributed by atoms with Crippen LogP contribution in [0.5, 0.6) is 5.75 Å². The van der Waals surface area contributed by atoms with Crippen LogP contribution in [0.15, 0.2) is 34.8 Å². The van der Waals surface area contributed by atoms with Gasteiger partial charge >= 0.3 is 0 Å². The lowest BCUT2D eigenvalue weighted by Gasteiger charge is -2.06. The van der Waals surface area contributed by atoms with Gasteiger partial charge in [0.2, 0.25) is 0 Å². The number of benzene rings is 2. The Morgan fingerprint density at radius 2 is 2.00 bits per heavy atom. The van der Waals surface area contributed by atoms with Crippen molar-refractivity contribution in [3.05, 3.63) is 40.4 Å². The maximum Gasteiger partial charge on any atom is 0.123 e. The Balaban J connectivity index is 2.68. The molecule has 2 aromatic rings. The lowest BCUT2D eigenvalue weighted by Crippen LogP contribution is -2.02. The van der Waals surface area contributed by atoms with Gasteiger partial charge in [-0.25, -0.2) is 0 Å². The van der Waals surface area contributed by atoms with Crippen LogP contribution in [0.4, 0.5) is 0 Å². The van der Waals surface area contributed by atoms with Crippen LogP contribution in [0, 0.1) is 0 Å². The van der Waals surface area contributed by atoms with Gasteiger partial charge < -0.3 is 10.8 Å². The van der Waals surface area contributed by atoms with Crippen LogP contribution >= 0.6 is 15.9 Å². The molecule has 0 spiro atoms.